The van der Waals surface area contributed by atoms with Gasteiger partial charge in [-0.15, -0.1) is 0 Å². The van der Waals surface area contributed by atoms with Crippen LogP contribution in [0.5, 0.6) is 0 Å². The monoisotopic (exact) mass is 243 g/mol. The minimum absolute atomic E-state index is 0.117. The lowest BCUT2D eigenvalue weighted by Crippen LogP contribution is -2.40. The highest BCUT2D eigenvalue weighted by Crippen LogP contribution is 2.33. The molecule has 0 fully saturated rings. The third-order valence-electron chi connectivity index (χ3n) is 3.96. The van der Waals surface area contributed by atoms with Gasteiger partial charge in [-0.1, -0.05) is 6.92 Å². The maximum absolute atomic E-state index is 6.01. The van der Waals surface area contributed by atoms with E-state index in [-0.39, 0.29) is 5.54 Å². The first-order chi connectivity index (χ1) is 8.47. The van der Waals surface area contributed by atoms with Crippen molar-refractivity contribution in [2.24, 2.45) is 0 Å². The van der Waals surface area contributed by atoms with Gasteiger partial charge in [-0.3, -0.25) is 4.98 Å². The molecule has 3 heteroatoms. The van der Waals surface area contributed by atoms with E-state index in [1.165, 1.54) is 5.69 Å². The predicted octanol–water partition coefficient (Wildman–Crippen LogP) is 3.44. The molecule has 0 radical (unpaired) electrons. The number of nitrogen functional groups attached to an aromatic ring is 1. The molecule has 0 saturated heterocycles. The summed E-state index contributed by atoms with van der Waals surface area (Å²) >= 11 is 0. The van der Waals surface area contributed by atoms with Gasteiger partial charge >= 0.3 is 0 Å². The second kappa shape index (κ2) is 4.48. The summed E-state index contributed by atoms with van der Waals surface area (Å²) in [4.78, 5) is 6.47. The smallest absolute Gasteiger partial charge is 0.0450 e. The van der Waals surface area contributed by atoms with E-state index in [0.717, 1.165) is 22.9 Å². The third kappa shape index (κ3) is 2.01. The lowest BCUT2D eigenvalue weighted by Gasteiger charge is -2.37. The molecule has 0 amide bonds. The van der Waals surface area contributed by atoms with Gasteiger partial charge in [0, 0.05) is 47.1 Å². The molecule has 0 spiro atoms. The van der Waals surface area contributed by atoms with Crippen molar-refractivity contribution in [2.75, 3.05) is 17.7 Å². The molecule has 2 aromatic rings. The molecule has 2 N–H and O–H groups in total. The average Bonchev–Trinajstić information content (AvgIpc) is 2.39. The van der Waals surface area contributed by atoms with Gasteiger partial charge in [-0.2, -0.15) is 0 Å². The van der Waals surface area contributed by atoms with Gasteiger partial charge < -0.3 is 10.6 Å². The van der Waals surface area contributed by atoms with Crippen LogP contribution in [-0.4, -0.2) is 17.6 Å². The highest BCUT2D eigenvalue weighted by atomic mass is 15.2. The van der Waals surface area contributed by atoms with Gasteiger partial charge in [0.2, 0.25) is 0 Å². The number of benzene rings is 1. The highest BCUT2D eigenvalue weighted by molar-refractivity contribution is 6.00. The molecule has 2 rings (SSSR count). The van der Waals surface area contributed by atoms with Crippen molar-refractivity contribution in [3.63, 3.8) is 0 Å². The maximum Gasteiger partial charge on any atom is 0.0450 e. The molecule has 0 aliphatic carbocycles. The van der Waals surface area contributed by atoms with E-state index in [4.69, 9.17) is 5.73 Å². The van der Waals surface area contributed by atoms with Crippen LogP contribution < -0.4 is 10.6 Å². The Bertz CT molecular complexity index is 561. The van der Waals surface area contributed by atoms with E-state index < -0.39 is 0 Å². The van der Waals surface area contributed by atoms with Crippen LogP contribution in [-0.2, 0) is 0 Å². The molecule has 0 bridgehead atoms. The summed E-state index contributed by atoms with van der Waals surface area (Å²) in [7, 11) is 2.13. The van der Waals surface area contributed by atoms with Gasteiger partial charge in [0.25, 0.3) is 0 Å². The summed E-state index contributed by atoms with van der Waals surface area (Å²) in [5, 5.41) is 2.18. The Kier molecular flexibility index (Phi) is 3.16. The van der Waals surface area contributed by atoms with Crippen LogP contribution in [0.3, 0.4) is 0 Å². The Morgan fingerprint density at radius 1 is 1.22 bits per heavy atom. The van der Waals surface area contributed by atoms with E-state index in [0.29, 0.717) is 0 Å². The topological polar surface area (TPSA) is 42.1 Å². The van der Waals surface area contributed by atoms with E-state index in [1.54, 1.807) is 0 Å². The second-order valence-electron chi connectivity index (χ2n) is 5.32. The Labute approximate surface area is 109 Å². The fourth-order valence-corrected chi connectivity index (χ4v) is 2.05. The lowest BCUT2D eigenvalue weighted by molar-refractivity contribution is 0.472. The largest absolute Gasteiger partial charge is 0.398 e. The third-order valence-corrected chi connectivity index (χ3v) is 3.96. The molecule has 0 aliphatic heterocycles. The molecule has 0 unspecified atom stereocenters. The normalized spacial score (nSPS) is 11.8. The number of anilines is 2. The standard InChI is InChI=1S/C15H21N3/c1-5-15(2,3)18(4)14-7-6-13(16)12-10-17-9-8-11(12)14/h6-10H,5,16H2,1-4H3. The fourth-order valence-electron chi connectivity index (χ4n) is 2.05. The number of hydrogen-bond donors (Lipinski definition) is 1. The van der Waals surface area contributed by atoms with E-state index in [1.807, 2.05) is 24.5 Å². The quantitative estimate of drug-likeness (QED) is 0.840. The molecule has 1 aromatic carbocycles. The van der Waals surface area contributed by atoms with Crippen molar-refractivity contribution in [1.29, 1.82) is 0 Å². The fraction of sp³-hybridized carbons (Fsp3) is 0.400. The first kappa shape index (κ1) is 12.7. The molecular weight excluding hydrogens is 222 g/mol. The predicted molar refractivity (Wildman–Crippen MR) is 78.9 cm³/mol. The summed E-state index contributed by atoms with van der Waals surface area (Å²) in [6.45, 7) is 6.70. The van der Waals surface area contributed by atoms with E-state index in [9.17, 15) is 0 Å². The summed E-state index contributed by atoms with van der Waals surface area (Å²) in [6.07, 6.45) is 4.74. The first-order valence-electron chi connectivity index (χ1n) is 6.33. The van der Waals surface area contributed by atoms with Crippen LogP contribution in [0.2, 0.25) is 0 Å². The van der Waals surface area contributed by atoms with E-state index in [2.05, 4.69) is 43.8 Å². The first-order valence-corrected chi connectivity index (χ1v) is 6.33. The van der Waals surface area contributed by atoms with Crippen LogP contribution in [0, 0.1) is 0 Å². The number of fused-ring (bicyclic) bond motifs is 1. The molecule has 1 heterocycles. The van der Waals surface area contributed by atoms with Crippen LogP contribution >= 0.6 is 0 Å². The van der Waals surface area contributed by atoms with Crippen LogP contribution in [0.4, 0.5) is 11.4 Å². The molecular formula is C15H21N3. The van der Waals surface area contributed by atoms with Gasteiger partial charge in [0.15, 0.2) is 0 Å². The SMILES string of the molecule is CCC(C)(C)N(C)c1ccc(N)c2cnccc12. The summed E-state index contributed by atoms with van der Waals surface area (Å²) < 4.78 is 0. The zero-order valence-corrected chi connectivity index (χ0v) is 11.6. The minimum Gasteiger partial charge on any atom is -0.398 e. The van der Waals surface area contributed by atoms with Crippen molar-refractivity contribution >= 4 is 22.1 Å². The molecule has 96 valence electrons. The molecule has 1 aromatic heterocycles. The number of rotatable bonds is 3. The second-order valence-corrected chi connectivity index (χ2v) is 5.32. The Morgan fingerprint density at radius 3 is 2.61 bits per heavy atom. The van der Waals surface area contributed by atoms with Crippen LogP contribution in [0.15, 0.2) is 30.6 Å². The number of aromatic nitrogens is 1. The summed E-state index contributed by atoms with van der Waals surface area (Å²) in [5.41, 5.74) is 8.11. The Balaban J connectivity index is 2.62. The van der Waals surface area contributed by atoms with Crippen molar-refractivity contribution in [2.45, 2.75) is 32.7 Å². The number of pyridine rings is 1. The Morgan fingerprint density at radius 2 is 1.94 bits per heavy atom. The highest BCUT2D eigenvalue weighted by Gasteiger charge is 2.22. The minimum atomic E-state index is 0.117. The van der Waals surface area contributed by atoms with Crippen molar-refractivity contribution in [3.8, 4) is 0 Å². The van der Waals surface area contributed by atoms with Gasteiger partial charge in [0.05, 0.1) is 0 Å². The van der Waals surface area contributed by atoms with Crippen molar-refractivity contribution in [3.05, 3.63) is 30.6 Å². The van der Waals surface area contributed by atoms with Crippen molar-refractivity contribution in [1.82, 2.24) is 4.98 Å². The zero-order chi connectivity index (χ0) is 13.3. The summed E-state index contributed by atoms with van der Waals surface area (Å²) in [6, 6.07) is 6.08. The molecule has 0 saturated carbocycles. The van der Waals surface area contributed by atoms with Gasteiger partial charge in [0.1, 0.15) is 0 Å². The van der Waals surface area contributed by atoms with Crippen LogP contribution in [0.1, 0.15) is 27.2 Å². The summed E-state index contributed by atoms with van der Waals surface area (Å²) in [5.74, 6) is 0. The molecule has 3 nitrogen and oxygen atoms in total. The van der Waals surface area contributed by atoms with Gasteiger partial charge in [-0.25, -0.2) is 0 Å². The van der Waals surface area contributed by atoms with Crippen LogP contribution in [0.25, 0.3) is 10.8 Å². The number of nitrogens with zero attached hydrogens (tertiary/aromatic N) is 2. The number of hydrogen-bond acceptors (Lipinski definition) is 3. The molecule has 0 aliphatic rings. The molecule has 18 heavy (non-hydrogen) atoms. The number of nitrogens with two attached hydrogens (primary N) is 1. The van der Waals surface area contributed by atoms with Gasteiger partial charge in [-0.05, 0) is 38.5 Å². The van der Waals surface area contributed by atoms with Crippen molar-refractivity contribution < 1.29 is 0 Å². The van der Waals surface area contributed by atoms with E-state index >= 15 is 0 Å². The zero-order valence-electron chi connectivity index (χ0n) is 11.6. The maximum atomic E-state index is 6.01. The molecule has 0 atom stereocenters. The Hall–Kier alpha value is -1.77. The average molecular weight is 243 g/mol. The lowest BCUT2D eigenvalue weighted by atomic mass is 9.97.